The number of fused-ring (bicyclic) bond motifs is 1. The Morgan fingerprint density at radius 1 is 0.828 bits per heavy atom. The molecule has 0 spiro atoms. The number of rotatable bonds is 4. The third kappa shape index (κ3) is 2.89. The normalized spacial score (nSPS) is 13.8. The second-order valence-electron chi connectivity index (χ2n) is 7.39. The van der Waals surface area contributed by atoms with E-state index in [2.05, 4.69) is 54.9 Å². The van der Waals surface area contributed by atoms with Gasteiger partial charge in [-0.25, -0.2) is 14.6 Å². The zero-order valence-electron chi connectivity index (χ0n) is 15.7. The van der Waals surface area contributed by atoms with Crippen LogP contribution in [0.5, 0.6) is 0 Å². The van der Waals surface area contributed by atoms with E-state index in [0.29, 0.717) is 5.92 Å². The molecule has 140 valence electrons. The van der Waals surface area contributed by atoms with Gasteiger partial charge in [0.1, 0.15) is 5.65 Å². The Balaban J connectivity index is 1.45. The van der Waals surface area contributed by atoms with Gasteiger partial charge in [-0.15, -0.1) is 0 Å². The van der Waals surface area contributed by atoms with Crippen LogP contribution in [0.2, 0.25) is 0 Å². The van der Waals surface area contributed by atoms with Gasteiger partial charge in [0.15, 0.2) is 5.82 Å². The molecule has 0 saturated heterocycles. The highest BCUT2D eigenvalue weighted by Gasteiger charge is 2.25. The Morgan fingerprint density at radius 3 is 2.59 bits per heavy atom. The Kier molecular flexibility index (Phi) is 3.56. The van der Waals surface area contributed by atoms with E-state index in [1.165, 1.54) is 24.1 Å². The highest BCUT2D eigenvalue weighted by Crippen LogP contribution is 2.40. The van der Waals surface area contributed by atoms with Gasteiger partial charge in [0, 0.05) is 48.2 Å². The van der Waals surface area contributed by atoms with Crippen LogP contribution in [0.4, 0.5) is 0 Å². The average Bonchev–Trinajstić information content (AvgIpc) is 3.31. The van der Waals surface area contributed by atoms with Crippen molar-refractivity contribution in [3.8, 4) is 28.2 Å². The van der Waals surface area contributed by atoms with Crippen molar-refractivity contribution >= 4 is 5.65 Å². The molecule has 0 unspecified atom stereocenters. The topological polar surface area (TPSA) is 60.9 Å². The van der Waals surface area contributed by atoms with Gasteiger partial charge in [-0.2, -0.15) is 5.10 Å². The first-order valence-electron chi connectivity index (χ1n) is 9.75. The first kappa shape index (κ1) is 16.2. The average molecular weight is 378 g/mol. The molecule has 5 heterocycles. The van der Waals surface area contributed by atoms with Crippen LogP contribution in [0, 0.1) is 0 Å². The van der Waals surface area contributed by atoms with E-state index in [4.69, 9.17) is 0 Å². The minimum absolute atomic E-state index is 0.639. The van der Waals surface area contributed by atoms with E-state index >= 15 is 0 Å². The molecule has 1 aliphatic rings. The molecule has 6 nitrogen and oxygen atoms in total. The van der Waals surface area contributed by atoms with Crippen LogP contribution in [-0.4, -0.2) is 29.1 Å². The van der Waals surface area contributed by atoms with Crippen molar-refractivity contribution < 1.29 is 0 Å². The predicted octanol–water partition coefficient (Wildman–Crippen LogP) is 4.52. The zero-order chi connectivity index (χ0) is 19.2. The summed E-state index contributed by atoms with van der Waals surface area (Å²) in [6.07, 6.45) is 13.9. The Bertz CT molecular complexity index is 1310. The first-order valence-corrected chi connectivity index (χ1v) is 9.75. The minimum atomic E-state index is 0.639. The van der Waals surface area contributed by atoms with Gasteiger partial charge in [0.2, 0.25) is 0 Å². The van der Waals surface area contributed by atoms with E-state index in [9.17, 15) is 0 Å². The molecule has 29 heavy (non-hydrogen) atoms. The van der Waals surface area contributed by atoms with Crippen molar-refractivity contribution in [3.05, 3.63) is 85.3 Å². The van der Waals surface area contributed by atoms with Crippen LogP contribution in [0.15, 0.2) is 79.6 Å². The van der Waals surface area contributed by atoms with Crippen molar-refractivity contribution in [2.45, 2.75) is 18.8 Å². The van der Waals surface area contributed by atoms with Gasteiger partial charge in [-0.1, -0.05) is 0 Å². The molecule has 5 aromatic rings. The number of hydrogen-bond acceptors (Lipinski definition) is 4. The van der Waals surface area contributed by atoms with Crippen LogP contribution in [-0.2, 0) is 0 Å². The van der Waals surface area contributed by atoms with Crippen molar-refractivity contribution in [2.24, 2.45) is 0 Å². The molecule has 1 fully saturated rings. The molecule has 0 aromatic carbocycles. The number of nitrogens with zero attached hydrogens (tertiary/aromatic N) is 6. The van der Waals surface area contributed by atoms with Crippen molar-refractivity contribution in [3.63, 3.8) is 0 Å². The lowest BCUT2D eigenvalue weighted by Gasteiger charge is -2.08. The SMILES string of the molecule is c1cnn(-c2cc(-c3cnc4ccc(-c5ccnc(C6CC6)c5)cn34)ccn2)c1. The van der Waals surface area contributed by atoms with Gasteiger partial charge < -0.3 is 0 Å². The largest absolute Gasteiger partial charge is 0.299 e. The number of hydrogen-bond donors (Lipinski definition) is 0. The van der Waals surface area contributed by atoms with Gasteiger partial charge in [0.05, 0.1) is 11.9 Å². The molecule has 0 atom stereocenters. The second kappa shape index (κ2) is 6.38. The predicted molar refractivity (Wildman–Crippen MR) is 111 cm³/mol. The van der Waals surface area contributed by atoms with Crippen molar-refractivity contribution in [1.29, 1.82) is 0 Å². The highest BCUT2D eigenvalue weighted by atomic mass is 15.3. The Morgan fingerprint density at radius 2 is 1.72 bits per heavy atom. The lowest BCUT2D eigenvalue weighted by molar-refractivity contribution is 0.847. The summed E-state index contributed by atoms with van der Waals surface area (Å²) in [6.45, 7) is 0. The summed E-state index contributed by atoms with van der Waals surface area (Å²) in [7, 11) is 0. The monoisotopic (exact) mass is 378 g/mol. The fourth-order valence-electron chi connectivity index (χ4n) is 3.70. The van der Waals surface area contributed by atoms with Gasteiger partial charge in [-0.3, -0.25) is 9.38 Å². The summed E-state index contributed by atoms with van der Waals surface area (Å²) >= 11 is 0. The highest BCUT2D eigenvalue weighted by molar-refractivity contribution is 5.69. The number of aromatic nitrogens is 6. The van der Waals surface area contributed by atoms with E-state index in [-0.39, 0.29) is 0 Å². The molecule has 0 N–H and O–H groups in total. The molecule has 0 radical (unpaired) electrons. The summed E-state index contributed by atoms with van der Waals surface area (Å²) in [5.41, 5.74) is 6.53. The van der Waals surface area contributed by atoms with E-state index in [0.717, 1.165) is 28.3 Å². The van der Waals surface area contributed by atoms with Gasteiger partial charge >= 0.3 is 0 Å². The lowest BCUT2D eigenvalue weighted by atomic mass is 10.1. The lowest BCUT2D eigenvalue weighted by Crippen LogP contribution is -1.98. The molecule has 6 rings (SSSR count). The summed E-state index contributed by atoms with van der Waals surface area (Å²) < 4.78 is 3.89. The van der Waals surface area contributed by atoms with Crippen LogP contribution >= 0.6 is 0 Å². The smallest absolute Gasteiger partial charge is 0.153 e. The van der Waals surface area contributed by atoms with Gasteiger partial charge in [0.25, 0.3) is 0 Å². The molecule has 1 aliphatic carbocycles. The number of pyridine rings is 3. The van der Waals surface area contributed by atoms with Crippen LogP contribution in [0.3, 0.4) is 0 Å². The summed E-state index contributed by atoms with van der Waals surface area (Å²) in [5.74, 6) is 1.42. The molecular formula is C23H18N6. The van der Waals surface area contributed by atoms with Crippen LogP contribution < -0.4 is 0 Å². The Labute approximate surface area is 167 Å². The first-order chi connectivity index (χ1) is 14.3. The van der Waals surface area contributed by atoms with E-state index in [1.807, 2.05) is 36.8 Å². The fraction of sp³-hybridized carbons (Fsp3) is 0.130. The summed E-state index contributed by atoms with van der Waals surface area (Å²) in [4.78, 5) is 13.6. The maximum absolute atomic E-state index is 4.59. The summed E-state index contributed by atoms with van der Waals surface area (Å²) in [5, 5.41) is 4.28. The maximum atomic E-state index is 4.59. The van der Waals surface area contributed by atoms with Crippen LogP contribution in [0.25, 0.3) is 33.8 Å². The molecule has 1 saturated carbocycles. The second-order valence-corrected chi connectivity index (χ2v) is 7.39. The van der Waals surface area contributed by atoms with Crippen LogP contribution in [0.1, 0.15) is 24.5 Å². The molecule has 0 amide bonds. The quantitative estimate of drug-likeness (QED) is 0.461. The third-order valence-corrected chi connectivity index (χ3v) is 5.40. The standard InChI is InChI=1S/C23H18N6/c1-8-27-29(11-1)23-13-18(7-10-25-23)21-14-26-22-5-4-19(15-28(21)22)17-6-9-24-20(12-17)16-2-3-16/h1,4-16H,2-3H2. The minimum Gasteiger partial charge on any atom is -0.299 e. The zero-order valence-corrected chi connectivity index (χ0v) is 15.7. The Hall–Kier alpha value is -3.80. The van der Waals surface area contributed by atoms with E-state index in [1.54, 1.807) is 17.1 Å². The molecule has 5 aromatic heterocycles. The molecule has 0 aliphatic heterocycles. The molecule has 0 bridgehead atoms. The fourth-order valence-corrected chi connectivity index (χ4v) is 3.70. The number of imidazole rings is 1. The molecule has 6 heteroatoms. The van der Waals surface area contributed by atoms with Crippen molar-refractivity contribution in [1.82, 2.24) is 29.1 Å². The molecular weight excluding hydrogens is 360 g/mol. The van der Waals surface area contributed by atoms with Gasteiger partial charge in [-0.05, 0) is 66.4 Å². The summed E-state index contributed by atoms with van der Waals surface area (Å²) in [6, 6.07) is 14.4. The third-order valence-electron chi connectivity index (χ3n) is 5.40. The van der Waals surface area contributed by atoms with Crippen molar-refractivity contribution in [2.75, 3.05) is 0 Å². The maximum Gasteiger partial charge on any atom is 0.153 e. The van der Waals surface area contributed by atoms with E-state index < -0.39 is 0 Å².